The second-order valence-electron chi connectivity index (χ2n) is 3.84. The van der Waals surface area contributed by atoms with Crippen molar-refractivity contribution in [1.82, 2.24) is 0 Å². The number of carbonyl (C=O) groups excluding carboxylic acids is 1. The van der Waals surface area contributed by atoms with Crippen LogP contribution in [0.1, 0.15) is 12.5 Å². The molecule has 112 valence electrons. The molecule has 0 aliphatic heterocycles. The zero-order valence-corrected chi connectivity index (χ0v) is 12.4. The van der Waals surface area contributed by atoms with Crippen molar-refractivity contribution in [3.8, 4) is 23.3 Å². The predicted molar refractivity (Wildman–Crippen MR) is 76.3 cm³/mol. The van der Waals surface area contributed by atoms with E-state index in [0.29, 0.717) is 22.8 Å². The van der Waals surface area contributed by atoms with E-state index in [1.54, 1.807) is 19.1 Å². The van der Waals surface area contributed by atoms with Crippen molar-refractivity contribution in [2.24, 2.45) is 0 Å². The van der Waals surface area contributed by atoms with Gasteiger partial charge in [0, 0.05) is 11.6 Å². The van der Waals surface area contributed by atoms with Gasteiger partial charge in [-0.3, -0.25) is 0 Å². The fourth-order valence-electron chi connectivity index (χ4n) is 1.67. The van der Waals surface area contributed by atoms with Gasteiger partial charge in [-0.15, -0.1) is 0 Å². The van der Waals surface area contributed by atoms with Crippen LogP contribution in [-0.2, 0) is 9.53 Å². The molecule has 0 fully saturated rings. The van der Waals surface area contributed by atoms with Gasteiger partial charge in [-0.2, -0.15) is 5.26 Å². The van der Waals surface area contributed by atoms with Crippen LogP contribution in [-0.4, -0.2) is 33.9 Å². The Morgan fingerprint density at radius 3 is 2.19 bits per heavy atom. The Labute approximate surface area is 123 Å². The Bertz CT molecular complexity index is 586. The van der Waals surface area contributed by atoms with Crippen molar-refractivity contribution in [3.63, 3.8) is 0 Å². The van der Waals surface area contributed by atoms with Gasteiger partial charge in [-0.05, 0) is 19.1 Å². The van der Waals surface area contributed by atoms with Crippen LogP contribution in [0, 0.1) is 11.3 Å². The number of rotatable bonds is 6. The van der Waals surface area contributed by atoms with E-state index in [1.165, 1.54) is 27.4 Å². The number of nitriles is 1. The minimum absolute atomic E-state index is 0.123. The first-order chi connectivity index (χ1) is 10.1. The summed E-state index contributed by atoms with van der Waals surface area (Å²) in [7, 11) is 4.48. The third kappa shape index (κ3) is 3.89. The number of benzene rings is 1. The lowest BCUT2D eigenvalue weighted by Crippen LogP contribution is -2.06. The van der Waals surface area contributed by atoms with Crippen molar-refractivity contribution >= 4 is 12.0 Å². The van der Waals surface area contributed by atoms with E-state index < -0.39 is 5.97 Å². The lowest BCUT2D eigenvalue weighted by molar-refractivity contribution is -0.137. The lowest BCUT2D eigenvalue weighted by atomic mass is 10.1. The van der Waals surface area contributed by atoms with E-state index in [0.717, 1.165) is 0 Å². The number of ether oxygens (including phenoxy) is 4. The molecule has 0 heterocycles. The number of hydrogen-bond donors (Lipinski definition) is 0. The summed E-state index contributed by atoms with van der Waals surface area (Å²) in [5.41, 5.74) is 0.391. The predicted octanol–water partition coefficient (Wildman–Crippen LogP) is 2.18. The number of methoxy groups -OCH3 is 3. The Kier molecular flexibility index (Phi) is 6.08. The molecular formula is C15H17NO5. The molecule has 0 unspecified atom stereocenters. The number of nitrogens with zero attached hydrogens (tertiary/aromatic N) is 1. The number of hydrogen-bond acceptors (Lipinski definition) is 6. The second kappa shape index (κ2) is 7.80. The van der Waals surface area contributed by atoms with E-state index in [4.69, 9.17) is 24.2 Å². The van der Waals surface area contributed by atoms with Gasteiger partial charge in [0.1, 0.15) is 17.4 Å². The van der Waals surface area contributed by atoms with Gasteiger partial charge in [0.2, 0.25) is 0 Å². The van der Waals surface area contributed by atoms with Crippen LogP contribution < -0.4 is 14.2 Å². The van der Waals surface area contributed by atoms with Gasteiger partial charge in [-0.1, -0.05) is 0 Å². The average Bonchev–Trinajstić information content (AvgIpc) is 2.51. The van der Waals surface area contributed by atoms with Crippen molar-refractivity contribution < 1.29 is 23.7 Å². The van der Waals surface area contributed by atoms with Crippen LogP contribution in [0.4, 0.5) is 0 Å². The van der Waals surface area contributed by atoms with Crippen LogP contribution >= 0.6 is 0 Å². The Morgan fingerprint density at radius 2 is 1.71 bits per heavy atom. The molecule has 0 saturated heterocycles. The summed E-state index contributed by atoms with van der Waals surface area (Å²) in [6, 6.07) is 5.05. The molecule has 0 spiro atoms. The Hall–Kier alpha value is -2.68. The highest BCUT2D eigenvalue weighted by Crippen LogP contribution is 2.35. The number of esters is 1. The van der Waals surface area contributed by atoms with Crippen LogP contribution in [0.5, 0.6) is 17.2 Å². The normalized spacial score (nSPS) is 10.5. The van der Waals surface area contributed by atoms with E-state index >= 15 is 0 Å². The molecule has 0 aliphatic rings. The third-order valence-corrected chi connectivity index (χ3v) is 2.65. The van der Waals surface area contributed by atoms with E-state index in [9.17, 15) is 4.79 Å². The van der Waals surface area contributed by atoms with E-state index in [2.05, 4.69) is 0 Å². The summed E-state index contributed by atoms with van der Waals surface area (Å²) < 4.78 is 20.4. The molecule has 6 heteroatoms. The Morgan fingerprint density at radius 1 is 1.14 bits per heavy atom. The molecule has 0 radical (unpaired) electrons. The Balaban J connectivity index is 3.34. The van der Waals surface area contributed by atoms with Gasteiger partial charge < -0.3 is 18.9 Å². The second-order valence-corrected chi connectivity index (χ2v) is 3.84. The van der Waals surface area contributed by atoms with Gasteiger partial charge in [0.15, 0.2) is 11.5 Å². The molecule has 1 rings (SSSR count). The molecule has 21 heavy (non-hydrogen) atoms. The zero-order chi connectivity index (χ0) is 15.8. The highest BCUT2D eigenvalue weighted by molar-refractivity contribution is 5.98. The highest BCUT2D eigenvalue weighted by Gasteiger charge is 2.14. The maximum atomic E-state index is 11.6. The highest BCUT2D eigenvalue weighted by atomic mass is 16.5. The number of carbonyl (C=O) groups is 1. The molecule has 1 aromatic rings. The fraction of sp³-hybridized carbons (Fsp3) is 0.333. The van der Waals surface area contributed by atoms with Gasteiger partial charge in [-0.25, -0.2) is 4.79 Å². The maximum Gasteiger partial charge on any atom is 0.348 e. The maximum absolute atomic E-state index is 11.6. The van der Waals surface area contributed by atoms with Gasteiger partial charge in [0.05, 0.1) is 27.9 Å². The monoisotopic (exact) mass is 291 g/mol. The lowest BCUT2D eigenvalue weighted by Gasteiger charge is -2.12. The third-order valence-electron chi connectivity index (χ3n) is 2.65. The molecular weight excluding hydrogens is 274 g/mol. The van der Waals surface area contributed by atoms with Crippen LogP contribution in [0.15, 0.2) is 17.7 Å². The molecule has 0 saturated carbocycles. The summed E-state index contributed by atoms with van der Waals surface area (Å²) >= 11 is 0. The first-order valence-electron chi connectivity index (χ1n) is 6.20. The standard InChI is InChI=1S/C15H17NO5/c1-5-21-15(17)11(9-16)6-10-7-13(19-3)14(20-4)8-12(10)18-2/h6-8H,5H2,1-4H3/b11-6+. The first-order valence-corrected chi connectivity index (χ1v) is 6.20. The summed E-state index contributed by atoms with van der Waals surface area (Å²) in [6.07, 6.45) is 1.39. The smallest absolute Gasteiger partial charge is 0.348 e. The van der Waals surface area contributed by atoms with E-state index in [-0.39, 0.29) is 12.2 Å². The summed E-state index contributed by atoms with van der Waals surface area (Å²) in [4.78, 5) is 11.6. The summed E-state index contributed by atoms with van der Waals surface area (Å²) in [5, 5.41) is 9.06. The quantitative estimate of drug-likeness (QED) is 0.454. The van der Waals surface area contributed by atoms with Crippen molar-refractivity contribution in [2.75, 3.05) is 27.9 Å². The first kappa shape index (κ1) is 16.4. The summed E-state index contributed by atoms with van der Waals surface area (Å²) in [5.74, 6) is 0.716. The topological polar surface area (TPSA) is 77.8 Å². The van der Waals surface area contributed by atoms with Crippen molar-refractivity contribution in [2.45, 2.75) is 6.92 Å². The summed E-state index contributed by atoms with van der Waals surface area (Å²) in [6.45, 7) is 1.87. The SMILES string of the molecule is CCOC(=O)/C(C#N)=C/c1cc(OC)c(OC)cc1OC. The van der Waals surface area contributed by atoms with E-state index in [1.807, 2.05) is 6.07 Å². The van der Waals surface area contributed by atoms with Crippen molar-refractivity contribution in [3.05, 3.63) is 23.3 Å². The van der Waals surface area contributed by atoms with Gasteiger partial charge >= 0.3 is 5.97 Å². The molecule has 0 atom stereocenters. The average molecular weight is 291 g/mol. The molecule has 0 aromatic heterocycles. The largest absolute Gasteiger partial charge is 0.496 e. The molecule has 0 N–H and O–H groups in total. The molecule has 1 aromatic carbocycles. The van der Waals surface area contributed by atoms with Gasteiger partial charge in [0.25, 0.3) is 0 Å². The zero-order valence-electron chi connectivity index (χ0n) is 12.4. The molecule has 0 aliphatic carbocycles. The van der Waals surface area contributed by atoms with Crippen molar-refractivity contribution in [1.29, 1.82) is 5.26 Å². The molecule has 6 nitrogen and oxygen atoms in total. The minimum atomic E-state index is -0.683. The van der Waals surface area contributed by atoms with Crippen LogP contribution in [0.3, 0.4) is 0 Å². The van der Waals surface area contributed by atoms with Crippen LogP contribution in [0.25, 0.3) is 6.08 Å². The minimum Gasteiger partial charge on any atom is -0.496 e. The fourth-order valence-corrected chi connectivity index (χ4v) is 1.67. The molecule has 0 bridgehead atoms. The molecule has 0 amide bonds. The van der Waals surface area contributed by atoms with Crippen LogP contribution in [0.2, 0.25) is 0 Å².